The molecule has 1 aromatic rings. The van der Waals surface area contributed by atoms with E-state index in [9.17, 15) is 4.79 Å². The Morgan fingerprint density at radius 1 is 1.39 bits per heavy atom. The van der Waals surface area contributed by atoms with Gasteiger partial charge in [-0.1, -0.05) is 19.3 Å². The number of nitrogens with zero attached hydrogens (tertiary/aromatic N) is 4. The van der Waals surface area contributed by atoms with E-state index in [1.54, 1.807) is 6.33 Å². The fraction of sp³-hybridized carbons (Fsp3) is 0.812. The maximum absolute atomic E-state index is 12.4. The van der Waals surface area contributed by atoms with Crippen molar-refractivity contribution in [3.05, 3.63) is 12.2 Å². The third-order valence-electron chi connectivity index (χ3n) is 4.69. The highest BCUT2D eigenvalue weighted by molar-refractivity contribution is 5.77. The Kier molecular flexibility index (Phi) is 5.61. The van der Waals surface area contributed by atoms with Gasteiger partial charge in [-0.15, -0.1) is 10.2 Å². The van der Waals surface area contributed by atoms with E-state index >= 15 is 0 Å². The molecular weight excluding hydrogens is 296 g/mol. The Hall–Kier alpha value is -1.47. The van der Waals surface area contributed by atoms with Crippen LogP contribution in [0.1, 0.15) is 51.0 Å². The van der Waals surface area contributed by atoms with Gasteiger partial charge in [0, 0.05) is 13.1 Å². The number of ether oxygens (including phenoxy) is 2. The number of aromatic nitrogens is 3. The van der Waals surface area contributed by atoms with Crippen LogP contribution < -0.4 is 0 Å². The fourth-order valence-electron chi connectivity index (χ4n) is 3.30. The van der Waals surface area contributed by atoms with Crippen LogP contribution in [-0.2, 0) is 20.8 Å². The zero-order valence-corrected chi connectivity index (χ0v) is 13.8. The van der Waals surface area contributed by atoms with Crippen LogP contribution in [-0.4, -0.2) is 58.0 Å². The quantitative estimate of drug-likeness (QED) is 0.822. The molecule has 2 heterocycles. The Bertz CT molecular complexity index is 513. The second kappa shape index (κ2) is 7.88. The summed E-state index contributed by atoms with van der Waals surface area (Å²) in [5.74, 6) is 0.838. The summed E-state index contributed by atoms with van der Waals surface area (Å²) in [6, 6.07) is 0. The number of rotatable bonds is 5. The smallest absolute Gasteiger partial charge is 0.248 e. The number of amides is 1. The second-order valence-corrected chi connectivity index (χ2v) is 6.25. The maximum Gasteiger partial charge on any atom is 0.248 e. The normalized spacial score (nSPS) is 23.2. The van der Waals surface area contributed by atoms with Gasteiger partial charge in [-0.3, -0.25) is 4.79 Å². The molecule has 1 amide bonds. The number of carbonyl (C=O) groups is 1. The third kappa shape index (κ3) is 4.09. The topological polar surface area (TPSA) is 69.5 Å². The number of carbonyl (C=O) groups excluding carboxylic acids is 1. The van der Waals surface area contributed by atoms with E-state index in [1.165, 1.54) is 19.3 Å². The van der Waals surface area contributed by atoms with Crippen LogP contribution in [0.2, 0.25) is 0 Å². The molecule has 2 fully saturated rings. The van der Waals surface area contributed by atoms with Crippen LogP contribution in [0.3, 0.4) is 0 Å². The van der Waals surface area contributed by atoms with Gasteiger partial charge in [-0.25, -0.2) is 0 Å². The van der Waals surface area contributed by atoms with Crippen LogP contribution in [0.4, 0.5) is 0 Å². The van der Waals surface area contributed by atoms with Crippen molar-refractivity contribution in [1.82, 2.24) is 19.7 Å². The number of morpholine rings is 1. The Morgan fingerprint density at radius 2 is 2.22 bits per heavy atom. The first-order valence-corrected chi connectivity index (χ1v) is 8.66. The van der Waals surface area contributed by atoms with Crippen LogP contribution in [0.25, 0.3) is 0 Å². The summed E-state index contributed by atoms with van der Waals surface area (Å²) >= 11 is 0. The Labute approximate surface area is 137 Å². The molecule has 0 radical (unpaired) electrons. The molecule has 0 aromatic carbocycles. The van der Waals surface area contributed by atoms with Crippen molar-refractivity contribution in [3.63, 3.8) is 0 Å². The van der Waals surface area contributed by atoms with Crippen LogP contribution in [0.15, 0.2) is 6.33 Å². The SMILES string of the molecule is CCn1cnnc1C1CN(C(=O)COC2CCCCC2)CCO1. The molecule has 1 aliphatic heterocycles. The lowest BCUT2D eigenvalue weighted by atomic mass is 9.98. The van der Waals surface area contributed by atoms with E-state index in [4.69, 9.17) is 9.47 Å². The van der Waals surface area contributed by atoms with E-state index in [-0.39, 0.29) is 24.7 Å². The minimum atomic E-state index is -0.204. The zero-order chi connectivity index (χ0) is 16.1. The average molecular weight is 322 g/mol. The van der Waals surface area contributed by atoms with E-state index in [2.05, 4.69) is 10.2 Å². The third-order valence-corrected chi connectivity index (χ3v) is 4.69. The average Bonchev–Trinajstić information content (AvgIpc) is 3.09. The van der Waals surface area contributed by atoms with Crippen molar-refractivity contribution in [2.75, 3.05) is 26.3 Å². The predicted octanol–water partition coefficient (Wildman–Crippen LogP) is 1.55. The first-order chi connectivity index (χ1) is 11.3. The first kappa shape index (κ1) is 16.4. The summed E-state index contributed by atoms with van der Waals surface area (Å²) in [6.45, 7) is 4.67. The van der Waals surface area contributed by atoms with Gasteiger partial charge in [0.1, 0.15) is 19.0 Å². The van der Waals surface area contributed by atoms with Gasteiger partial charge in [0.15, 0.2) is 5.82 Å². The number of hydrogen-bond acceptors (Lipinski definition) is 5. The molecule has 1 unspecified atom stereocenters. The van der Waals surface area contributed by atoms with Crippen LogP contribution in [0.5, 0.6) is 0 Å². The minimum Gasteiger partial charge on any atom is -0.368 e. The second-order valence-electron chi connectivity index (χ2n) is 6.25. The van der Waals surface area contributed by atoms with Gasteiger partial charge in [-0.05, 0) is 19.8 Å². The maximum atomic E-state index is 12.4. The Balaban J connectivity index is 1.52. The lowest BCUT2D eigenvalue weighted by Gasteiger charge is -2.33. The van der Waals surface area contributed by atoms with E-state index in [1.807, 2.05) is 16.4 Å². The number of hydrogen-bond donors (Lipinski definition) is 0. The van der Waals surface area contributed by atoms with Crippen LogP contribution in [0, 0.1) is 0 Å². The van der Waals surface area contributed by atoms with Crippen molar-refractivity contribution < 1.29 is 14.3 Å². The summed E-state index contributed by atoms with van der Waals surface area (Å²) in [5, 5.41) is 8.08. The standard InChI is InChI=1S/C16H26N4O3/c1-2-19-12-17-18-16(19)14-10-20(8-9-22-14)15(21)11-23-13-6-4-3-5-7-13/h12-14H,2-11H2,1H3. The van der Waals surface area contributed by atoms with Gasteiger partial charge in [-0.2, -0.15) is 0 Å². The highest BCUT2D eigenvalue weighted by atomic mass is 16.5. The minimum absolute atomic E-state index is 0.0476. The molecule has 2 aliphatic rings. The van der Waals surface area contributed by atoms with Crippen molar-refractivity contribution in [1.29, 1.82) is 0 Å². The molecule has 1 saturated carbocycles. The van der Waals surface area contributed by atoms with Gasteiger partial charge >= 0.3 is 0 Å². The molecule has 23 heavy (non-hydrogen) atoms. The molecule has 0 spiro atoms. The molecule has 1 saturated heterocycles. The molecule has 128 valence electrons. The zero-order valence-electron chi connectivity index (χ0n) is 13.8. The lowest BCUT2D eigenvalue weighted by Crippen LogP contribution is -2.44. The van der Waals surface area contributed by atoms with Gasteiger partial charge in [0.2, 0.25) is 5.91 Å². The van der Waals surface area contributed by atoms with Gasteiger partial charge in [0.05, 0.1) is 19.3 Å². The van der Waals surface area contributed by atoms with E-state index < -0.39 is 0 Å². The summed E-state index contributed by atoms with van der Waals surface area (Å²) in [5.41, 5.74) is 0. The molecule has 0 N–H and O–H groups in total. The summed E-state index contributed by atoms with van der Waals surface area (Å²) in [6.07, 6.45) is 7.63. The highest BCUT2D eigenvalue weighted by Crippen LogP contribution is 2.22. The monoisotopic (exact) mass is 322 g/mol. The van der Waals surface area contributed by atoms with Crippen LogP contribution >= 0.6 is 0 Å². The Morgan fingerprint density at radius 3 is 3.00 bits per heavy atom. The van der Waals surface area contributed by atoms with E-state index in [0.717, 1.165) is 25.2 Å². The van der Waals surface area contributed by atoms with Crippen molar-refractivity contribution >= 4 is 5.91 Å². The molecule has 1 aromatic heterocycles. The summed E-state index contributed by atoms with van der Waals surface area (Å²) in [4.78, 5) is 14.2. The molecule has 1 aliphatic carbocycles. The molecule has 1 atom stereocenters. The summed E-state index contributed by atoms with van der Waals surface area (Å²) < 4.78 is 13.5. The molecule has 0 bridgehead atoms. The first-order valence-electron chi connectivity index (χ1n) is 8.66. The number of aryl methyl sites for hydroxylation is 1. The highest BCUT2D eigenvalue weighted by Gasteiger charge is 2.29. The molecule has 7 heteroatoms. The van der Waals surface area contributed by atoms with Gasteiger partial charge in [0.25, 0.3) is 0 Å². The lowest BCUT2D eigenvalue weighted by molar-refractivity contribution is -0.146. The van der Waals surface area contributed by atoms with E-state index in [0.29, 0.717) is 19.7 Å². The van der Waals surface area contributed by atoms with Crippen molar-refractivity contribution in [3.8, 4) is 0 Å². The summed E-state index contributed by atoms with van der Waals surface area (Å²) in [7, 11) is 0. The largest absolute Gasteiger partial charge is 0.368 e. The van der Waals surface area contributed by atoms with Crippen molar-refractivity contribution in [2.24, 2.45) is 0 Å². The van der Waals surface area contributed by atoms with Crippen molar-refractivity contribution in [2.45, 2.75) is 57.8 Å². The molecular formula is C16H26N4O3. The molecule has 7 nitrogen and oxygen atoms in total. The van der Waals surface area contributed by atoms with Gasteiger partial charge < -0.3 is 18.9 Å². The predicted molar refractivity (Wildman–Crippen MR) is 83.8 cm³/mol. The molecule has 3 rings (SSSR count). The fourth-order valence-corrected chi connectivity index (χ4v) is 3.30.